The summed E-state index contributed by atoms with van der Waals surface area (Å²) in [6.07, 6.45) is 1.68. The fourth-order valence-electron chi connectivity index (χ4n) is 3.23. The lowest BCUT2D eigenvalue weighted by atomic mass is 10.1. The third-order valence-electron chi connectivity index (χ3n) is 4.40. The topological polar surface area (TPSA) is 89.0 Å². The van der Waals surface area contributed by atoms with Gasteiger partial charge in [0.2, 0.25) is 5.95 Å². The number of nitrogens with zero attached hydrogens (tertiary/aromatic N) is 2. The maximum absolute atomic E-state index is 12.9. The van der Waals surface area contributed by atoms with Crippen molar-refractivity contribution in [1.82, 2.24) is 14.5 Å². The summed E-state index contributed by atoms with van der Waals surface area (Å²) in [5.41, 5.74) is 3.63. The van der Waals surface area contributed by atoms with E-state index in [1.807, 2.05) is 24.3 Å². The highest BCUT2D eigenvalue weighted by molar-refractivity contribution is 6.08. The Morgan fingerprint density at radius 3 is 2.74 bits per heavy atom. The summed E-state index contributed by atoms with van der Waals surface area (Å²) < 4.78 is 6.90. The summed E-state index contributed by atoms with van der Waals surface area (Å²) in [7, 11) is 0. The Hall–Kier alpha value is -3.35. The van der Waals surface area contributed by atoms with Crippen LogP contribution in [0.4, 0.5) is 5.95 Å². The minimum Gasteiger partial charge on any atom is -0.461 e. The van der Waals surface area contributed by atoms with E-state index >= 15 is 0 Å². The standard InChI is InChI=1S/C20H22N4O3/c1-5-11-24-13(4)16(12(3)17(24)19(26)27-6-2)18(25)23-20-21-14-9-7-8-10-15(14)22-20/h5,7-10H,1,6,11H2,2-4H3,(H2,21,22,23,25). The molecule has 2 heterocycles. The Morgan fingerprint density at radius 2 is 2.07 bits per heavy atom. The first-order valence-electron chi connectivity index (χ1n) is 8.71. The number of amides is 1. The predicted molar refractivity (Wildman–Crippen MR) is 104 cm³/mol. The van der Waals surface area contributed by atoms with Crippen LogP contribution in [-0.4, -0.2) is 33.0 Å². The van der Waals surface area contributed by atoms with Gasteiger partial charge in [-0.05, 0) is 38.5 Å². The van der Waals surface area contributed by atoms with E-state index in [1.165, 1.54) is 0 Å². The van der Waals surface area contributed by atoms with Gasteiger partial charge in [-0.15, -0.1) is 6.58 Å². The van der Waals surface area contributed by atoms with E-state index < -0.39 is 5.97 Å². The second kappa shape index (κ2) is 7.49. The number of rotatable bonds is 6. The first-order chi connectivity index (χ1) is 13.0. The number of allylic oxidation sites excluding steroid dienone is 1. The number of benzene rings is 1. The Labute approximate surface area is 157 Å². The van der Waals surface area contributed by atoms with E-state index in [9.17, 15) is 9.59 Å². The van der Waals surface area contributed by atoms with Crippen molar-refractivity contribution >= 4 is 28.9 Å². The third-order valence-corrected chi connectivity index (χ3v) is 4.40. The molecule has 0 saturated heterocycles. The average molecular weight is 366 g/mol. The van der Waals surface area contributed by atoms with Gasteiger partial charge in [0.1, 0.15) is 5.69 Å². The van der Waals surface area contributed by atoms with Gasteiger partial charge >= 0.3 is 5.97 Å². The van der Waals surface area contributed by atoms with Crippen LogP contribution in [0.25, 0.3) is 11.0 Å². The van der Waals surface area contributed by atoms with Crippen molar-refractivity contribution in [2.45, 2.75) is 27.3 Å². The molecule has 0 aliphatic rings. The van der Waals surface area contributed by atoms with E-state index in [4.69, 9.17) is 4.74 Å². The summed E-state index contributed by atoms with van der Waals surface area (Å²) in [6, 6.07) is 7.51. The molecule has 3 rings (SSSR count). The molecule has 0 fully saturated rings. The number of carbonyl (C=O) groups excluding carboxylic acids is 2. The number of ether oxygens (including phenoxy) is 1. The van der Waals surface area contributed by atoms with Crippen molar-refractivity contribution in [2.75, 3.05) is 11.9 Å². The summed E-state index contributed by atoms with van der Waals surface area (Å²) in [4.78, 5) is 32.8. The largest absolute Gasteiger partial charge is 0.461 e. The molecule has 0 radical (unpaired) electrons. The van der Waals surface area contributed by atoms with Gasteiger partial charge in [0.05, 0.1) is 23.2 Å². The van der Waals surface area contributed by atoms with Gasteiger partial charge in [-0.3, -0.25) is 10.1 Å². The number of aromatic amines is 1. The number of hydrogen-bond acceptors (Lipinski definition) is 4. The average Bonchev–Trinajstić information content (AvgIpc) is 3.13. The van der Waals surface area contributed by atoms with Gasteiger partial charge in [-0.1, -0.05) is 18.2 Å². The molecule has 140 valence electrons. The number of aromatic nitrogens is 3. The molecule has 2 N–H and O–H groups in total. The summed E-state index contributed by atoms with van der Waals surface area (Å²) in [5, 5.41) is 2.79. The quantitative estimate of drug-likeness (QED) is 0.515. The molecule has 0 spiro atoms. The zero-order valence-electron chi connectivity index (χ0n) is 15.6. The molecule has 7 nitrogen and oxygen atoms in total. The number of hydrogen-bond donors (Lipinski definition) is 2. The third kappa shape index (κ3) is 3.36. The van der Waals surface area contributed by atoms with Crippen LogP contribution in [0.15, 0.2) is 36.9 Å². The highest BCUT2D eigenvalue weighted by Gasteiger charge is 2.27. The smallest absolute Gasteiger partial charge is 0.355 e. The van der Waals surface area contributed by atoms with E-state index in [1.54, 1.807) is 31.4 Å². The molecule has 7 heteroatoms. The highest BCUT2D eigenvalue weighted by Crippen LogP contribution is 2.24. The number of para-hydroxylation sites is 2. The SMILES string of the molecule is C=CCn1c(C)c(C(=O)Nc2nc3ccccc3[nH]2)c(C)c1C(=O)OCC. The maximum Gasteiger partial charge on any atom is 0.355 e. The number of anilines is 1. The number of nitrogens with one attached hydrogen (secondary N) is 2. The maximum atomic E-state index is 12.9. The van der Waals surface area contributed by atoms with Gasteiger partial charge in [-0.25, -0.2) is 9.78 Å². The molecular formula is C20H22N4O3. The molecule has 2 aromatic heterocycles. The highest BCUT2D eigenvalue weighted by atomic mass is 16.5. The molecule has 0 aliphatic carbocycles. The first kappa shape index (κ1) is 18.4. The van der Waals surface area contributed by atoms with Crippen LogP contribution in [0.2, 0.25) is 0 Å². The normalized spacial score (nSPS) is 10.8. The number of imidazole rings is 1. The second-order valence-corrected chi connectivity index (χ2v) is 6.11. The van der Waals surface area contributed by atoms with Crippen molar-refractivity contribution in [3.63, 3.8) is 0 Å². The van der Waals surface area contributed by atoms with Gasteiger partial charge < -0.3 is 14.3 Å². The van der Waals surface area contributed by atoms with Gasteiger partial charge in [0.25, 0.3) is 5.91 Å². The molecule has 1 amide bonds. The lowest BCUT2D eigenvalue weighted by Crippen LogP contribution is -2.15. The monoisotopic (exact) mass is 366 g/mol. The van der Waals surface area contributed by atoms with E-state index in [0.717, 1.165) is 11.0 Å². The van der Waals surface area contributed by atoms with E-state index in [0.29, 0.717) is 35.0 Å². The van der Waals surface area contributed by atoms with Crippen LogP contribution >= 0.6 is 0 Å². The zero-order valence-corrected chi connectivity index (χ0v) is 15.6. The number of fused-ring (bicyclic) bond motifs is 1. The van der Waals surface area contributed by atoms with Crippen LogP contribution in [0.3, 0.4) is 0 Å². The second-order valence-electron chi connectivity index (χ2n) is 6.11. The molecule has 0 aliphatic heterocycles. The molecule has 0 atom stereocenters. The van der Waals surface area contributed by atoms with E-state index in [2.05, 4.69) is 21.9 Å². The Balaban J connectivity index is 1.99. The minimum atomic E-state index is -0.456. The Kier molecular flexibility index (Phi) is 5.12. The fourth-order valence-corrected chi connectivity index (χ4v) is 3.23. The van der Waals surface area contributed by atoms with Crippen LogP contribution in [0.1, 0.15) is 39.0 Å². The van der Waals surface area contributed by atoms with Gasteiger partial charge in [0, 0.05) is 12.2 Å². The molecule has 27 heavy (non-hydrogen) atoms. The number of esters is 1. The first-order valence-corrected chi connectivity index (χ1v) is 8.71. The number of H-pyrrole nitrogens is 1. The predicted octanol–water partition coefficient (Wildman–Crippen LogP) is 3.60. The van der Waals surface area contributed by atoms with Crippen LogP contribution < -0.4 is 5.32 Å². The van der Waals surface area contributed by atoms with Gasteiger partial charge in [-0.2, -0.15) is 0 Å². The van der Waals surface area contributed by atoms with Crippen LogP contribution in [0, 0.1) is 13.8 Å². The van der Waals surface area contributed by atoms with Crippen molar-refractivity contribution in [3.05, 3.63) is 59.4 Å². The lowest BCUT2D eigenvalue weighted by Gasteiger charge is -2.08. The summed E-state index contributed by atoms with van der Waals surface area (Å²) in [6.45, 7) is 9.68. The van der Waals surface area contributed by atoms with Crippen molar-refractivity contribution in [1.29, 1.82) is 0 Å². The molecule has 0 saturated carbocycles. The zero-order chi connectivity index (χ0) is 19.6. The van der Waals surface area contributed by atoms with Crippen molar-refractivity contribution in [3.8, 4) is 0 Å². The lowest BCUT2D eigenvalue weighted by molar-refractivity contribution is 0.0513. The summed E-state index contributed by atoms with van der Waals surface area (Å²) in [5.74, 6) is -0.436. The minimum absolute atomic E-state index is 0.261. The van der Waals surface area contributed by atoms with Crippen molar-refractivity contribution in [2.24, 2.45) is 0 Å². The number of carbonyl (C=O) groups is 2. The van der Waals surface area contributed by atoms with Crippen LogP contribution in [-0.2, 0) is 11.3 Å². The van der Waals surface area contributed by atoms with Crippen LogP contribution in [0.5, 0.6) is 0 Å². The molecule has 3 aromatic rings. The molecular weight excluding hydrogens is 344 g/mol. The van der Waals surface area contributed by atoms with E-state index in [-0.39, 0.29) is 12.5 Å². The molecule has 1 aromatic carbocycles. The Morgan fingerprint density at radius 1 is 1.33 bits per heavy atom. The summed E-state index contributed by atoms with van der Waals surface area (Å²) >= 11 is 0. The Bertz CT molecular complexity index is 996. The van der Waals surface area contributed by atoms with Crippen molar-refractivity contribution < 1.29 is 14.3 Å². The molecule has 0 bridgehead atoms. The van der Waals surface area contributed by atoms with Gasteiger partial charge in [0.15, 0.2) is 0 Å². The molecule has 0 unspecified atom stereocenters. The fraction of sp³-hybridized carbons (Fsp3) is 0.250.